The molecule has 0 aliphatic carbocycles. The van der Waals surface area contributed by atoms with E-state index in [0.717, 1.165) is 31.3 Å². The first-order valence-corrected chi connectivity index (χ1v) is 11.3. The van der Waals surface area contributed by atoms with Crippen LogP contribution in [0.1, 0.15) is 0 Å². The zero-order valence-corrected chi connectivity index (χ0v) is 19.0. The molecular formula is C19H19BrClN3OS2. The Morgan fingerprint density at radius 3 is 2.63 bits per heavy atom. The van der Waals surface area contributed by atoms with E-state index in [1.807, 2.05) is 56.6 Å². The van der Waals surface area contributed by atoms with Crippen LogP contribution in [0.3, 0.4) is 0 Å². The van der Waals surface area contributed by atoms with Crippen molar-refractivity contribution < 1.29 is 4.79 Å². The van der Waals surface area contributed by atoms with E-state index >= 15 is 0 Å². The average molecular weight is 485 g/mol. The Bertz CT molecular complexity index is 930. The lowest BCUT2D eigenvalue weighted by atomic mass is 10.3. The van der Waals surface area contributed by atoms with Gasteiger partial charge in [0.1, 0.15) is 0 Å². The van der Waals surface area contributed by atoms with Crippen molar-refractivity contribution in [3.8, 4) is 0 Å². The molecule has 0 unspecified atom stereocenters. The molecule has 0 aliphatic heterocycles. The van der Waals surface area contributed by atoms with Crippen molar-refractivity contribution in [1.82, 2.24) is 9.88 Å². The minimum Gasteiger partial charge on any atom is -0.308 e. The van der Waals surface area contributed by atoms with Crippen molar-refractivity contribution in [2.45, 2.75) is 4.90 Å². The average Bonchev–Trinajstić information content (AvgIpc) is 3.03. The molecule has 1 amide bonds. The van der Waals surface area contributed by atoms with Crippen molar-refractivity contribution in [2.75, 3.05) is 37.8 Å². The number of thioether (sulfide) groups is 1. The van der Waals surface area contributed by atoms with Crippen molar-refractivity contribution in [3.05, 3.63) is 52.0 Å². The molecule has 1 aromatic heterocycles. The summed E-state index contributed by atoms with van der Waals surface area (Å²) in [4.78, 5) is 22.5. The first-order valence-electron chi connectivity index (χ1n) is 8.32. The SMILES string of the molecule is CN(C)CCN(C(=O)CSc1ccc(Cl)cc1)c1nc2ccc(Br)cc2s1. The van der Waals surface area contributed by atoms with Crippen molar-refractivity contribution in [2.24, 2.45) is 0 Å². The molecule has 2 aromatic carbocycles. The number of aromatic nitrogens is 1. The summed E-state index contributed by atoms with van der Waals surface area (Å²) in [6.45, 7) is 1.38. The van der Waals surface area contributed by atoms with Crippen LogP contribution in [0.2, 0.25) is 5.02 Å². The molecule has 8 heteroatoms. The second kappa shape index (κ2) is 9.39. The molecule has 0 radical (unpaired) electrons. The Labute approximate surface area is 180 Å². The van der Waals surface area contributed by atoms with Gasteiger partial charge in [-0.2, -0.15) is 0 Å². The maximum Gasteiger partial charge on any atom is 0.239 e. The van der Waals surface area contributed by atoms with Crippen molar-refractivity contribution >= 4 is 71.9 Å². The van der Waals surface area contributed by atoms with Gasteiger partial charge in [-0.3, -0.25) is 9.69 Å². The van der Waals surface area contributed by atoms with Crippen LogP contribution < -0.4 is 4.90 Å². The Kier molecular flexibility index (Phi) is 7.16. The highest BCUT2D eigenvalue weighted by Gasteiger charge is 2.20. The number of hydrogen-bond donors (Lipinski definition) is 0. The number of rotatable bonds is 7. The third-order valence-corrected chi connectivity index (χ3v) is 6.60. The number of fused-ring (bicyclic) bond motifs is 1. The lowest BCUT2D eigenvalue weighted by molar-refractivity contribution is -0.116. The summed E-state index contributed by atoms with van der Waals surface area (Å²) in [5.41, 5.74) is 0.909. The smallest absolute Gasteiger partial charge is 0.239 e. The maximum absolute atomic E-state index is 13.0. The molecule has 0 aliphatic rings. The zero-order valence-electron chi connectivity index (χ0n) is 15.0. The number of carbonyl (C=O) groups is 1. The van der Waals surface area contributed by atoms with Gasteiger partial charge < -0.3 is 4.90 Å². The summed E-state index contributed by atoms with van der Waals surface area (Å²) in [6, 6.07) is 13.5. The fourth-order valence-corrected chi connectivity index (χ4v) is 4.84. The summed E-state index contributed by atoms with van der Waals surface area (Å²) in [7, 11) is 4.00. The molecule has 4 nitrogen and oxygen atoms in total. The van der Waals surface area contributed by atoms with Crippen LogP contribution in [0, 0.1) is 0 Å². The first-order chi connectivity index (χ1) is 12.9. The van der Waals surface area contributed by atoms with Gasteiger partial charge in [0.15, 0.2) is 5.13 Å². The highest BCUT2D eigenvalue weighted by Crippen LogP contribution is 2.31. The maximum atomic E-state index is 13.0. The molecule has 3 aromatic rings. The standard InChI is InChI=1S/C19H19BrClN3OS2/c1-23(2)9-10-24(18(25)12-26-15-6-4-14(21)5-7-15)19-22-16-8-3-13(20)11-17(16)27-19/h3-8,11H,9-10,12H2,1-2H3. The molecule has 0 spiro atoms. The topological polar surface area (TPSA) is 36.4 Å². The van der Waals surface area contributed by atoms with E-state index in [2.05, 4.69) is 25.8 Å². The third kappa shape index (κ3) is 5.68. The third-order valence-electron chi connectivity index (χ3n) is 3.82. The van der Waals surface area contributed by atoms with Crippen LogP contribution in [0.4, 0.5) is 5.13 Å². The van der Waals surface area contributed by atoms with E-state index in [1.54, 1.807) is 16.2 Å². The number of benzene rings is 2. The van der Waals surface area contributed by atoms with Gasteiger partial charge >= 0.3 is 0 Å². The quantitative estimate of drug-likeness (QED) is 0.421. The number of thiazole rings is 1. The number of hydrogen-bond acceptors (Lipinski definition) is 5. The van der Waals surface area contributed by atoms with Crippen LogP contribution in [-0.4, -0.2) is 48.7 Å². The van der Waals surface area contributed by atoms with Gasteiger partial charge in [0, 0.05) is 27.5 Å². The predicted octanol–water partition coefficient (Wildman–Crippen LogP) is 5.40. The van der Waals surface area contributed by atoms with Gasteiger partial charge in [0.05, 0.1) is 16.0 Å². The van der Waals surface area contributed by atoms with Crippen LogP contribution in [-0.2, 0) is 4.79 Å². The van der Waals surface area contributed by atoms with Crippen LogP contribution in [0.25, 0.3) is 10.2 Å². The summed E-state index contributed by atoms with van der Waals surface area (Å²) >= 11 is 12.5. The van der Waals surface area contributed by atoms with Gasteiger partial charge in [-0.05, 0) is 56.6 Å². The molecule has 0 fully saturated rings. The molecule has 142 valence electrons. The molecule has 0 saturated heterocycles. The summed E-state index contributed by atoms with van der Waals surface area (Å²) in [6.07, 6.45) is 0. The summed E-state index contributed by atoms with van der Waals surface area (Å²) < 4.78 is 2.07. The largest absolute Gasteiger partial charge is 0.308 e. The van der Waals surface area contributed by atoms with Crippen LogP contribution in [0.15, 0.2) is 51.8 Å². The van der Waals surface area contributed by atoms with Gasteiger partial charge in [-0.25, -0.2) is 4.98 Å². The Balaban J connectivity index is 1.78. The van der Waals surface area contributed by atoms with Gasteiger partial charge in [0.25, 0.3) is 0 Å². The molecule has 1 heterocycles. The molecule has 0 bridgehead atoms. The minimum atomic E-state index is 0.0509. The van der Waals surface area contributed by atoms with E-state index in [-0.39, 0.29) is 5.91 Å². The zero-order chi connectivity index (χ0) is 19.4. The number of anilines is 1. The van der Waals surface area contributed by atoms with E-state index in [9.17, 15) is 4.79 Å². The van der Waals surface area contributed by atoms with E-state index < -0.39 is 0 Å². The normalized spacial score (nSPS) is 11.3. The highest BCUT2D eigenvalue weighted by molar-refractivity contribution is 9.10. The fraction of sp³-hybridized carbons (Fsp3) is 0.263. The fourth-order valence-electron chi connectivity index (χ4n) is 2.38. The van der Waals surface area contributed by atoms with Crippen LogP contribution in [0.5, 0.6) is 0 Å². The van der Waals surface area contributed by atoms with Crippen molar-refractivity contribution in [3.63, 3.8) is 0 Å². The monoisotopic (exact) mass is 483 g/mol. The summed E-state index contributed by atoms with van der Waals surface area (Å²) in [5, 5.41) is 1.44. The van der Waals surface area contributed by atoms with Gasteiger partial charge in [0.2, 0.25) is 5.91 Å². The predicted molar refractivity (Wildman–Crippen MR) is 120 cm³/mol. The number of halogens is 2. The number of likely N-dealkylation sites (N-methyl/N-ethyl adjacent to an activating group) is 1. The number of amides is 1. The summed E-state index contributed by atoms with van der Waals surface area (Å²) in [5.74, 6) is 0.407. The lowest BCUT2D eigenvalue weighted by Crippen LogP contribution is -2.37. The van der Waals surface area contributed by atoms with E-state index in [1.165, 1.54) is 11.8 Å². The Hall–Kier alpha value is -1.12. The molecule has 3 rings (SSSR count). The van der Waals surface area contributed by atoms with Crippen molar-refractivity contribution in [1.29, 1.82) is 0 Å². The Morgan fingerprint density at radius 2 is 1.93 bits per heavy atom. The molecule has 0 N–H and O–H groups in total. The molecule has 0 atom stereocenters. The Morgan fingerprint density at radius 1 is 1.19 bits per heavy atom. The van der Waals surface area contributed by atoms with Gasteiger partial charge in [-0.15, -0.1) is 11.8 Å². The molecular weight excluding hydrogens is 466 g/mol. The molecule has 27 heavy (non-hydrogen) atoms. The molecule has 0 saturated carbocycles. The van der Waals surface area contributed by atoms with Crippen LogP contribution >= 0.6 is 50.6 Å². The lowest BCUT2D eigenvalue weighted by Gasteiger charge is -2.21. The number of nitrogens with zero attached hydrogens (tertiary/aromatic N) is 3. The minimum absolute atomic E-state index is 0.0509. The van der Waals surface area contributed by atoms with E-state index in [0.29, 0.717) is 17.3 Å². The van der Waals surface area contributed by atoms with Gasteiger partial charge in [-0.1, -0.05) is 38.9 Å². The second-order valence-corrected chi connectivity index (χ2v) is 9.61. The van der Waals surface area contributed by atoms with E-state index in [4.69, 9.17) is 11.6 Å². The first kappa shape index (κ1) is 20.6. The number of carbonyl (C=O) groups excluding carboxylic acids is 1. The highest BCUT2D eigenvalue weighted by atomic mass is 79.9. The second-order valence-electron chi connectivity index (χ2n) is 6.20.